The molecule has 0 radical (unpaired) electrons. The van der Waals surface area contributed by atoms with Crippen molar-refractivity contribution in [1.82, 2.24) is 19.5 Å². The van der Waals surface area contributed by atoms with Gasteiger partial charge in [0, 0.05) is 24.9 Å². The fraction of sp³-hybridized carbons (Fsp3) is 0.556. The number of sulfonamides is 1. The van der Waals surface area contributed by atoms with Crippen molar-refractivity contribution in [3.63, 3.8) is 0 Å². The average Bonchev–Trinajstić information content (AvgIpc) is 3.17. The lowest BCUT2D eigenvalue weighted by Crippen LogP contribution is -2.38. The van der Waals surface area contributed by atoms with Crippen LogP contribution in [-0.2, 0) is 10.0 Å². The molecule has 2 aliphatic carbocycles. The maximum Gasteiger partial charge on any atom is 0.243 e. The van der Waals surface area contributed by atoms with Crippen molar-refractivity contribution in [2.24, 2.45) is 5.41 Å². The minimum atomic E-state index is -3.72. The maximum atomic E-state index is 13.5. The number of hydrogen-bond acceptors (Lipinski definition) is 4. The summed E-state index contributed by atoms with van der Waals surface area (Å²) >= 11 is 0. The zero-order valence-corrected chi connectivity index (χ0v) is 15.2. The van der Waals surface area contributed by atoms with E-state index in [1.54, 1.807) is 0 Å². The highest BCUT2D eigenvalue weighted by molar-refractivity contribution is 7.89. The van der Waals surface area contributed by atoms with Crippen molar-refractivity contribution >= 4 is 10.0 Å². The first-order valence-corrected chi connectivity index (χ1v) is 10.6. The molecular formula is C18H21FN4O2S. The van der Waals surface area contributed by atoms with E-state index in [4.69, 9.17) is 0 Å². The molecule has 138 valence electrons. The summed E-state index contributed by atoms with van der Waals surface area (Å²) in [5.41, 5.74) is -0.0687. The molecular weight excluding hydrogens is 355 g/mol. The van der Waals surface area contributed by atoms with Gasteiger partial charge in [-0.3, -0.25) is 5.10 Å². The molecule has 1 saturated heterocycles. The van der Waals surface area contributed by atoms with Crippen LogP contribution in [0.2, 0.25) is 0 Å². The molecule has 6 nitrogen and oxygen atoms in total. The molecule has 5 rings (SSSR count). The zero-order chi connectivity index (χ0) is 17.9. The smallest absolute Gasteiger partial charge is 0.243 e. The van der Waals surface area contributed by atoms with Gasteiger partial charge in [-0.05, 0) is 49.3 Å². The highest BCUT2D eigenvalue weighted by atomic mass is 32.2. The van der Waals surface area contributed by atoms with Crippen molar-refractivity contribution < 1.29 is 12.8 Å². The highest BCUT2D eigenvalue weighted by Gasteiger charge is 2.55. The number of benzene rings is 1. The Morgan fingerprint density at radius 1 is 1.27 bits per heavy atom. The Hall–Kier alpha value is -1.80. The van der Waals surface area contributed by atoms with Crippen LogP contribution >= 0.6 is 0 Å². The van der Waals surface area contributed by atoms with E-state index in [1.165, 1.54) is 22.5 Å². The second-order valence-corrected chi connectivity index (χ2v) is 9.81. The zero-order valence-electron chi connectivity index (χ0n) is 14.4. The Morgan fingerprint density at radius 2 is 2.08 bits per heavy atom. The van der Waals surface area contributed by atoms with Gasteiger partial charge in [-0.1, -0.05) is 12.5 Å². The molecule has 2 aromatic rings. The topological polar surface area (TPSA) is 79.0 Å². The monoisotopic (exact) mass is 376 g/mol. The lowest BCUT2D eigenvalue weighted by atomic mass is 9.62. The van der Waals surface area contributed by atoms with Crippen LogP contribution in [0.15, 0.2) is 29.2 Å². The lowest BCUT2D eigenvalue weighted by molar-refractivity contribution is 0.127. The number of nitrogens with one attached hydrogen (secondary N) is 1. The first kappa shape index (κ1) is 16.4. The van der Waals surface area contributed by atoms with Crippen LogP contribution in [0, 0.1) is 11.2 Å². The van der Waals surface area contributed by atoms with E-state index >= 15 is 0 Å². The Bertz CT molecular complexity index is 950. The molecule has 1 aliphatic heterocycles. The van der Waals surface area contributed by atoms with Gasteiger partial charge in [-0.15, -0.1) is 0 Å². The number of H-pyrrole nitrogens is 1. The third-order valence-corrected chi connectivity index (χ3v) is 8.00. The molecule has 3 aliphatic rings. The van der Waals surface area contributed by atoms with Crippen molar-refractivity contribution in [3.8, 4) is 0 Å². The molecule has 26 heavy (non-hydrogen) atoms. The number of rotatable bonds is 4. The van der Waals surface area contributed by atoms with Crippen LogP contribution in [0.3, 0.4) is 0 Å². The minimum absolute atomic E-state index is 0.0175. The van der Waals surface area contributed by atoms with Crippen molar-refractivity contribution in [1.29, 1.82) is 0 Å². The predicted molar refractivity (Wildman–Crippen MR) is 92.5 cm³/mol. The largest absolute Gasteiger partial charge is 0.263 e. The Morgan fingerprint density at radius 3 is 2.73 bits per heavy atom. The summed E-state index contributed by atoms with van der Waals surface area (Å²) in [5, 5.41) is 7.42. The summed E-state index contributed by atoms with van der Waals surface area (Å²) in [4.78, 5) is 4.70. The second kappa shape index (κ2) is 5.60. The fourth-order valence-corrected chi connectivity index (χ4v) is 5.95. The van der Waals surface area contributed by atoms with Crippen LogP contribution in [0.4, 0.5) is 4.39 Å². The molecule has 1 spiro atoms. The molecule has 8 heteroatoms. The van der Waals surface area contributed by atoms with Crippen molar-refractivity contribution in [2.75, 3.05) is 13.1 Å². The van der Waals surface area contributed by atoms with E-state index in [1.807, 2.05) is 0 Å². The lowest BCUT2D eigenvalue weighted by Gasteiger charge is -2.42. The Kier molecular flexibility index (Phi) is 3.53. The molecule has 1 atom stereocenters. The summed E-state index contributed by atoms with van der Waals surface area (Å²) in [6.07, 6.45) is 5.35. The third kappa shape index (κ3) is 2.50. The number of aromatic amines is 1. The van der Waals surface area contributed by atoms with Crippen LogP contribution < -0.4 is 0 Å². The SMILES string of the molecule is O=S(=O)(c1cccc(F)c1)N1CC(c2nc(C3CC3)n[nH]2)C2(CCC2)C1. The van der Waals surface area contributed by atoms with Gasteiger partial charge in [-0.25, -0.2) is 17.8 Å². The first-order chi connectivity index (χ1) is 12.5. The second-order valence-electron chi connectivity index (χ2n) is 7.88. The van der Waals surface area contributed by atoms with Gasteiger partial charge < -0.3 is 0 Å². The number of nitrogens with zero attached hydrogens (tertiary/aromatic N) is 3. The van der Waals surface area contributed by atoms with Crippen LogP contribution in [0.25, 0.3) is 0 Å². The minimum Gasteiger partial charge on any atom is -0.263 e. The molecule has 1 aromatic carbocycles. The van der Waals surface area contributed by atoms with E-state index in [2.05, 4.69) is 15.2 Å². The summed E-state index contributed by atoms with van der Waals surface area (Å²) in [6.45, 7) is 0.841. The molecule has 1 unspecified atom stereocenters. The molecule has 1 aromatic heterocycles. The van der Waals surface area contributed by atoms with Crippen LogP contribution in [0.1, 0.15) is 55.6 Å². The van der Waals surface area contributed by atoms with E-state index in [0.29, 0.717) is 19.0 Å². The average molecular weight is 376 g/mol. The molecule has 3 fully saturated rings. The van der Waals surface area contributed by atoms with Gasteiger partial charge in [0.2, 0.25) is 10.0 Å². The van der Waals surface area contributed by atoms with E-state index in [-0.39, 0.29) is 16.2 Å². The summed E-state index contributed by atoms with van der Waals surface area (Å²) in [7, 11) is -3.72. The molecule has 0 bridgehead atoms. The van der Waals surface area contributed by atoms with E-state index in [9.17, 15) is 12.8 Å². The van der Waals surface area contributed by atoms with Gasteiger partial charge in [0.05, 0.1) is 4.90 Å². The number of hydrogen-bond donors (Lipinski definition) is 1. The first-order valence-electron chi connectivity index (χ1n) is 9.16. The fourth-order valence-electron chi connectivity index (χ4n) is 4.36. The molecule has 0 amide bonds. The quantitative estimate of drug-likeness (QED) is 0.890. The van der Waals surface area contributed by atoms with E-state index in [0.717, 1.165) is 49.8 Å². The number of aromatic nitrogens is 3. The maximum absolute atomic E-state index is 13.5. The van der Waals surface area contributed by atoms with Crippen molar-refractivity contribution in [3.05, 3.63) is 41.7 Å². The van der Waals surface area contributed by atoms with Gasteiger partial charge in [0.1, 0.15) is 11.6 Å². The van der Waals surface area contributed by atoms with Crippen LogP contribution in [-0.4, -0.2) is 41.0 Å². The summed E-state index contributed by atoms with van der Waals surface area (Å²) in [6, 6.07) is 5.25. The third-order valence-electron chi connectivity index (χ3n) is 6.19. The highest BCUT2D eigenvalue weighted by Crippen LogP contribution is 2.56. The Balaban J connectivity index is 1.46. The van der Waals surface area contributed by atoms with Gasteiger partial charge in [0.25, 0.3) is 0 Å². The number of halogens is 1. The van der Waals surface area contributed by atoms with Crippen molar-refractivity contribution in [2.45, 2.75) is 48.8 Å². The van der Waals surface area contributed by atoms with Gasteiger partial charge in [-0.2, -0.15) is 9.40 Å². The standard InChI is InChI=1S/C18H21FN4O2S/c19-13-3-1-4-14(9-13)26(24,25)23-10-15(18(11-23)7-2-8-18)17-20-16(21-22-17)12-5-6-12/h1,3-4,9,12,15H,2,5-8,10-11H2,(H,20,21,22). The normalized spacial score (nSPS) is 25.5. The van der Waals surface area contributed by atoms with Crippen LogP contribution in [0.5, 0.6) is 0 Å². The van der Waals surface area contributed by atoms with E-state index < -0.39 is 15.8 Å². The summed E-state index contributed by atoms with van der Waals surface area (Å²) in [5.74, 6) is 1.62. The predicted octanol–water partition coefficient (Wildman–Crippen LogP) is 2.78. The van der Waals surface area contributed by atoms with Gasteiger partial charge >= 0.3 is 0 Å². The molecule has 2 saturated carbocycles. The molecule has 1 N–H and O–H groups in total. The Labute approximate surface area is 151 Å². The van der Waals surface area contributed by atoms with Gasteiger partial charge in [0.15, 0.2) is 5.82 Å². The summed E-state index contributed by atoms with van der Waals surface area (Å²) < 4.78 is 41.1. The molecule has 2 heterocycles.